The van der Waals surface area contributed by atoms with Gasteiger partial charge in [0, 0.05) is 26.1 Å². The van der Waals surface area contributed by atoms with Crippen LogP contribution in [0.3, 0.4) is 0 Å². The fourth-order valence-corrected chi connectivity index (χ4v) is 5.00. The van der Waals surface area contributed by atoms with Gasteiger partial charge in [-0.3, -0.25) is 9.59 Å². The fraction of sp³-hybridized carbons (Fsp3) is 0.357. The average molecular weight is 475 g/mol. The highest BCUT2D eigenvalue weighted by Crippen LogP contribution is 2.36. The number of hydrogen-bond acceptors (Lipinski definition) is 4. The molecule has 7 heteroatoms. The lowest BCUT2D eigenvalue weighted by Crippen LogP contribution is -2.51. The highest BCUT2D eigenvalue weighted by Gasteiger charge is 2.44. The van der Waals surface area contributed by atoms with Gasteiger partial charge in [0.25, 0.3) is 11.8 Å². The molecule has 1 heterocycles. The summed E-state index contributed by atoms with van der Waals surface area (Å²) >= 11 is 0. The zero-order valence-corrected chi connectivity index (χ0v) is 20.4. The Morgan fingerprint density at radius 3 is 2.37 bits per heavy atom. The standard InChI is InChI=1S/C28H34N4O3/c1-30-26(33)21-13-11-20(12-14-21)22-8-6-7-19(17-22)18-28(35,23-9-4-3-5-10-23)27(34)31-25-16-15-24(29)32(25)2/h6-8,11-17,23,35H,3-5,9-10,18,29H2,1-2H3,(H,30,33)(H,31,34). The first kappa shape index (κ1) is 24.5. The molecule has 35 heavy (non-hydrogen) atoms. The van der Waals surface area contributed by atoms with E-state index in [-0.39, 0.29) is 18.2 Å². The lowest BCUT2D eigenvalue weighted by molar-refractivity contribution is -0.141. The highest BCUT2D eigenvalue weighted by molar-refractivity contribution is 5.97. The summed E-state index contributed by atoms with van der Waals surface area (Å²) in [5, 5.41) is 17.4. The number of benzene rings is 2. The molecular weight excluding hydrogens is 440 g/mol. The Kier molecular flexibility index (Phi) is 7.26. The second-order valence-electron chi connectivity index (χ2n) is 9.45. The predicted molar refractivity (Wildman–Crippen MR) is 139 cm³/mol. The number of aliphatic hydroxyl groups is 1. The third-order valence-corrected chi connectivity index (χ3v) is 7.18. The number of amides is 2. The van der Waals surface area contributed by atoms with Crippen LogP contribution in [-0.4, -0.2) is 34.1 Å². The quantitative estimate of drug-likeness (QED) is 0.413. The topological polar surface area (TPSA) is 109 Å². The minimum absolute atomic E-state index is 0.121. The van der Waals surface area contributed by atoms with E-state index in [2.05, 4.69) is 10.6 Å². The van der Waals surface area contributed by atoms with E-state index in [1.807, 2.05) is 36.4 Å². The van der Waals surface area contributed by atoms with Crippen molar-refractivity contribution >= 4 is 23.5 Å². The molecule has 1 unspecified atom stereocenters. The second-order valence-corrected chi connectivity index (χ2v) is 9.45. The van der Waals surface area contributed by atoms with Gasteiger partial charge in [0.05, 0.1) is 0 Å². The average Bonchev–Trinajstić information content (AvgIpc) is 3.21. The van der Waals surface area contributed by atoms with Crippen molar-refractivity contribution in [1.82, 2.24) is 9.88 Å². The van der Waals surface area contributed by atoms with Crippen molar-refractivity contribution in [1.29, 1.82) is 0 Å². The Morgan fingerprint density at radius 1 is 1.03 bits per heavy atom. The molecule has 0 spiro atoms. The van der Waals surface area contributed by atoms with Crippen molar-refractivity contribution in [3.8, 4) is 11.1 Å². The normalized spacial score (nSPS) is 15.9. The molecule has 2 amide bonds. The number of nitrogens with two attached hydrogens (primary N) is 1. The van der Waals surface area contributed by atoms with Gasteiger partial charge in [0.15, 0.2) is 0 Å². The molecule has 0 radical (unpaired) electrons. The third-order valence-electron chi connectivity index (χ3n) is 7.18. The summed E-state index contributed by atoms with van der Waals surface area (Å²) in [6.45, 7) is 0. The Hall–Kier alpha value is -3.58. The molecule has 0 bridgehead atoms. The van der Waals surface area contributed by atoms with Crippen LogP contribution in [0.15, 0.2) is 60.7 Å². The number of hydrogen-bond donors (Lipinski definition) is 4. The van der Waals surface area contributed by atoms with Gasteiger partial charge in [-0.15, -0.1) is 0 Å². The second kappa shape index (κ2) is 10.4. The van der Waals surface area contributed by atoms with Gasteiger partial charge < -0.3 is 26.0 Å². The SMILES string of the molecule is CNC(=O)c1ccc(-c2cccc(CC(O)(C(=O)Nc3ccc(N)n3C)C3CCCCC3)c2)cc1. The first-order chi connectivity index (χ1) is 16.8. The molecule has 1 aliphatic rings. The highest BCUT2D eigenvalue weighted by atomic mass is 16.3. The Labute approximate surface area is 206 Å². The van der Waals surface area contributed by atoms with Crippen LogP contribution < -0.4 is 16.4 Å². The Morgan fingerprint density at radius 2 is 1.74 bits per heavy atom. The fourth-order valence-electron chi connectivity index (χ4n) is 5.00. The summed E-state index contributed by atoms with van der Waals surface area (Å²) in [6, 6.07) is 18.8. The molecule has 0 saturated heterocycles. The van der Waals surface area contributed by atoms with Crippen molar-refractivity contribution < 1.29 is 14.7 Å². The largest absolute Gasteiger partial charge is 0.385 e. The zero-order chi connectivity index (χ0) is 25.0. The molecule has 1 aromatic heterocycles. The minimum Gasteiger partial charge on any atom is -0.385 e. The van der Waals surface area contributed by atoms with Crippen LogP contribution in [0.25, 0.3) is 11.1 Å². The number of nitrogen functional groups attached to an aromatic ring is 1. The van der Waals surface area contributed by atoms with Crippen molar-refractivity contribution in [3.05, 3.63) is 71.8 Å². The summed E-state index contributed by atoms with van der Waals surface area (Å²) in [6.07, 6.45) is 5.00. The van der Waals surface area contributed by atoms with Gasteiger partial charge in [0.1, 0.15) is 17.2 Å². The molecule has 184 valence electrons. The maximum atomic E-state index is 13.5. The van der Waals surface area contributed by atoms with E-state index < -0.39 is 11.5 Å². The molecule has 3 aromatic rings. The Bertz CT molecular complexity index is 1200. The Balaban J connectivity index is 1.61. The van der Waals surface area contributed by atoms with Crippen LogP contribution in [0.2, 0.25) is 0 Å². The van der Waals surface area contributed by atoms with E-state index in [0.717, 1.165) is 48.8 Å². The number of carbonyl (C=O) groups is 2. The van der Waals surface area contributed by atoms with Gasteiger partial charge in [-0.1, -0.05) is 55.7 Å². The van der Waals surface area contributed by atoms with Crippen molar-refractivity contribution in [2.45, 2.75) is 44.1 Å². The summed E-state index contributed by atoms with van der Waals surface area (Å²) in [5.74, 6) is 0.451. The van der Waals surface area contributed by atoms with Crippen LogP contribution in [0.5, 0.6) is 0 Å². The summed E-state index contributed by atoms with van der Waals surface area (Å²) in [7, 11) is 3.39. The maximum Gasteiger partial charge on any atom is 0.258 e. The van der Waals surface area contributed by atoms with E-state index in [1.165, 1.54) is 0 Å². The van der Waals surface area contributed by atoms with Gasteiger partial charge in [-0.25, -0.2) is 0 Å². The van der Waals surface area contributed by atoms with E-state index in [4.69, 9.17) is 5.73 Å². The molecule has 1 fully saturated rings. The molecule has 7 nitrogen and oxygen atoms in total. The van der Waals surface area contributed by atoms with Crippen LogP contribution in [0, 0.1) is 5.92 Å². The van der Waals surface area contributed by atoms with Crippen LogP contribution in [0.4, 0.5) is 11.6 Å². The first-order valence-corrected chi connectivity index (χ1v) is 12.2. The third kappa shape index (κ3) is 5.25. The van der Waals surface area contributed by atoms with Crippen molar-refractivity contribution in [2.75, 3.05) is 18.1 Å². The molecule has 1 atom stereocenters. The van der Waals surface area contributed by atoms with Crippen molar-refractivity contribution in [2.24, 2.45) is 13.0 Å². The van der Waals surface area contributed by atoms with Crippen LogP contribution in [0.1, 0.15) is 48.0 Å². The van der Waals surface area contributed by atoms with Crippen molar-refractivity contribution in [3.63, 3.8) is 0 Å². The molecule has 1 saturated carbocycles. The van der Waals surface area contributed by atoms with Crippen LogP contribution in [-0.2, 0) is 18.3 Å². The number of rotatable bonds is 7. The van der Waals surface area contributed by atoms with E-state index in [9.17, 15) is 14.7 Å². The van der Waals surface area contributed by atoms with E-state index >= 15 is 0 Å². The molecule has 0 aliphatic heterocycles. The zero-order valence-electron chi connectivity index (χ0n) is 20.4. The molecule has 2 aromatic carbocycles. The number of anilines is 2. The summed E-state index contributed by atoms with van der Waals surface area (Å²) < 4.78 is 1.70. The molecule has 4 rings (SSSR count). The van der Waals surface area contributed by atoms with Gasteiger partial charge >= 0.3 is 0 Å². The lowest BCUT2D eigenvalue weighted by atomic mass is 9.73. The monoisotopic (exact) mass is 474 g/mol. The first-order valence-electron chi connectivity index (χ1n) is 12.2. The summed E-state index contributed by atoms with van der Waals surface area (Å²) in [5.41, 5.74) is 7.79. The van der Waals surface area contributed by atoms with Gasteiger partial charge in [0.2, 0.25) is 0 Å². The number of nitrogens with one attached hydrogen (secondary N) is 2. The van der Waals surface area contributed by atoms with E-state index in [0.29, 0.717) is 17.2 Å². The number of aromatic nitrogens is 1. The summed E-state index contributed by atoms with van der Waals surface area (Å²) in [4.78, 5) is 25.4. The number of carbonyl (C=O) groups excluding carboxylic acids is 2. The van der Waals surface area contributed by atoms with Gasteiger partial charge in [-0.2, -0.15) is 0 Å². The molecule has 1 aliphatic carbocycles. The predicted octanol–water partition coefficient (Wildman–Crippen LogP) is 4.13. The maximum absolute atomic E-state index is 13.5. The molecular formula is C28H34N4O3. The van der Waals surface area contributed by atoms with E-state index in [1.54, 1.807) is 42.9 Å². The minimum atomic E-state index is -1.54. The smallest absolute Gasteiger partial charge is 0.258 e. The van der Waals surface area contributed by atoms with Crippen LogP contribution >= 0.6 is 0 Å². The number of nitrogens with zero attached hydrogens (tertiary/aromatic N) is 1. The lowest BCUT2D eigenvalue weighted by Gasteiger charge is -2.37. The molecule has 5 N–H and O–H groups in total. The van der Waals surface area contributed by atoms with Gasteiger partial charge in [-0.05, 0) is 59.7 Å².